The van der Waals surface area contributed by atoms with E-state index in [1.54, 1.807) is 12.3 Å². The number of halogens is 1. The first-order chi connectivity index (χ1) is 13.2. The Balaban J connectivity index is 1.48. The van der Waals surface area contributed by atoms with E-state index < -0.39 is 6.10 Å². The number of Topliss-reactive ketones (excluding diaryl/α,β-unsaturated/α-hetero) is 1. The van der Waals surface area contributed by atoms with Crippen molar-refractivity contribution in [3.05, 3.63) is 41.8 Å². The molecule has 2 saturated carbocycles. The number of pyridine rings is 1. The average molecular weight is 384 g/mol. The van der Waals surface area contributed by atoms with Crippen LogP contribution in [0.3, 0.4) is 0 Å². The second-order valence-corrected chi connectivity index (χ2v) is 10.1. The highest BCUT2D eigenvalue weighted by molar-refractivity contribution is 5.82. The molecular weight excluding hydrogens is 353 g/mol. The van der Waals surface area contributed by atoms with Crippen molar-refractivity contribution in [2.24, 2.45) is 23.2 Å². The van der Waals surface area contributed by atoms with Gasteiger partial charge in [-0.1, -0.05) is 20.8 Å². The first kappa shape index (κ1) is 19.5. The summed E-state index contributed by atoms with van der Waals surface area (Å²) in [4.78, 5) is 16.7. The predicted molar refractivity (Wildman–Crippen MR) is 108 cm³/mol. The van der Waals surface area contributed by atoms with Gasteiger partial charge in [0.15, 0.2) is 0 Å². The van der Waals surface area contributed by atoms with Crippen molar-refractivity contribution in [2.45, 2.75) is 64.9 Å². The number of hydrogen-bond acceptors (Lipinski definition) is 3. The van der Waals surface area contributed by atoms with Crippen molar-refractivity contribution in [3.8, 4) is 0 Å². The minimum Gasteiger partial charge on any atom is -0.392 e. The van der Waals surface area contributed by atoms with Gasteiger partial charge in [-0.15, -0.1) is 0 Å². The Hall–Kier alpha value is -1.81. The lowest BCUT2D eigenvalue weighted by molar-refractivity contribution is -0.121. The zero-order valence-corrected chi connectivity index (χ0v) is 17.0. The highest BCUT2D eigenvalue weighted by Crippen LogP contribution is 2.54. The van der Waals surface area contributed by atoms with Gasteiger partial charge in [0, 0.05) is 30.3 Å². The second kappa shape index (κ2) is 7.22. The molecular formula is C24H30FNO2. The van der Waals surface area contributed by atoms with Crippen LogP contribution in [0.1, 0.15) is 64.4 Å². The lowest BCUT2D eigenvalue weighted by atomic mass is 9.84. The molecule has 1 N–H and O–H groups in total. The van der Waals surface area contributed by atoms with E-state index in [1.165, 1.54) is 12.1 Å². The van der Waals surface area contributed by atoms with Gasteiger partial charge < -0.3 is 5.11 Å². The van der Waals surface area contributed by atoms with Gasteiger partial charge in [-0.25, -0.2) is 4.39 Å². The average Bonchev–Trinajstić information content (AvgIpc) is 3.11. The molecule has 0 spiro atoms. The Labute approximate surface area is 166 Å². The molecule has 2 aromatic rings. The van der Waals surface area contributed by atoms with Gasteiger partial charge in [0.25, 0.3) is 0 Å². The highest BCUT2D eigenvalue weighted by atomic mass is 19.1. The molecule has 0 radical (unpaired) electrons. The van der Waals surface area contributed by atoms with Gasteiger partial charge in [-0.05, 0) is 72.3 Å². The molecule has 28 heavy (non-hydrogen) atoms. The van der Waals surface area contributed by atoms with Crippen LogP contribution in [-0.4, -0.2) is 22.0 Å². The maximum Gasteiger partial charge on any atom is 0.133 e. The van der Waals surface area contributed by atoms with Gasteiger partial charge in [0.05, 0.1) is 11.6 Å². The normalized spacial score (nSPS) is 30.0. The van der Waals surface area contributed by atoms with E-state index in [0.29, 0.717) is 30.5 Å². The third kappa shape index (κ3) is 3.84. The second-order valence-electron chi connectivity index (χ2n) is 10.1. The van der Waals surface area contributed by atoms with Gasteiger partial charge in [-0.2, -0.15) is 0 Å². The number of hydrogen-bond donors (Lipinski definition) is 1. The number of aromatic nitrogens is 1. The van der Waals surface area contributed by atoms with Gasteiger partial charge in [0.2, 0.25) is 0 Å². The SMILES string of the molecule is CC(C)(C)CC(=O)C[C@H]1C[C@@H]2C[C@H](c3ccnc4ccc(F)cc34)C(O)[C@@H]2C1. The molecule has 0 aliphatic heterocycles. The lowest BCUT2D eigenvalue weighted by Crippen LogP contribution is -2.21. The van der Waals surface area contributed by atoms with E-state index >= 15 is 0 Å². The third-order valence-electron chi connectivity index (χ3n) is 6.64. The van der Waals surface area contributed by atoms with Gasteiger partial charge in [-0.3, -0.25) is 9.78 Å². The minimum atomic E-state index is -0.429. The van der Waals surface area contributed by atoms with Crippen LogP contribution in [0.25, 0.3) is 10.9 Å². The Morgan fingerprint density at radius 3 is 2.71 bits per heavy atom. The van der Waals surface area contributed by atoms with Crippen LogP contribution in [0.15, 0.2) is 30.5 Å². The largest absolute Gasteiger partial charge is 0.392 e. The summed E-state index contributed by atoms with van der Waals surface area (Å²) in [5.41, 5.74) is 1.81. The lowest BCUT2D eigenvalue weighted by Gasteiger charge is -2.22. The first-order valence-corrected chi connectivity index (χ1v) is 10.5. The van der Waals surface area contributed by atoms with Crippen LogP contribution in [-0.2, 0) is 4.79 Å². The van der Waals surface area contributed by atoms with Gasteiger partial charge in [0.1, 0.15) is 11.6 Å². The topological polar surface area (TPSA) is 50.2 Å². The summed E-state index contributed by atoms with van der Waals surface area (Å²) in [6.07, 6.45) is 5.45. The smallest absolute Gasteiger partial charge is 0.133 e. The summed E-state index contributed by atoms with van der Waals surface area (Å²) in [6, 6.07) is 6.60. The Kier molecular flexibility index (Phi) is 5.03. The number of carbonyl (C=O) groups is 1. The molecule has 0 bridgehead atoms. The molecule has 5 atom stereocenters. The first-order valence-electron chi connectivity index (χ1n) is 10.5. The van der Waals surface area contributed by atoms with Crippen molar-refractivity contribution in [2.75, 3.05) is 0 Å². The third-order valence-corrected chi connectivity index (χ3v) is 6.64. The van der Waals surface area contributed by atoms with E-state index in [4.69, 9.17) is 0 Å². The molecule has 2 fully saturated rings. The minimum absolute atomic E-state index is 0.0218. The molecule has 150 valence electrons. The van der Waals surface area contributed by atoms with Crippen LogP contribution in [0.2, 0.25) is 0 Å². The zero-order chi connectivity index (χ0) is 20.1. The molecule has 1 aromatic heterocycles. The summed E-state index contributed by atoms with van der Waals surface area (Å²) in [5, 5.41) is 11.9. The predicted octanol–water partition coefficient (Wildman–Crippen LogP) is 5.26. The number of aliphatic hydroxyl groups is 1. The molecule has 1 unspecified atom stereocenters. The number of rotatable bonds is 4. The summed E-state index contributed by atoms with van der Waals surface area (Å²) in [7, 11) is 0. The fraction of sp³-hybridized carbons (Fsp3) is 0.583. The highest BCUT2D eigenvalue weighted by Gasteiger charge is 2.48. The number of aliphatic hydroxyl groups excluding tert-OH is 1. The number of fused-ring (bicyclic) bond motifs is 2. The molecule has 0 amide bonds. The van der Waals surface area contributed by atoms with Crippen LogP contribution >= 0.6 is 0 Å². The van der Waals surface area contributed by atoms with Crippen LogP contribution in [0, 0.1) is 29.0 Å². The van der Waals surface area contributed by atoms with Crippen LogP contribution in [0.4, 0.5) is 4.39 Å². The molecule has 4 heteroatoms. The Morgan fingerprint density at radius 2 is 2.00 bits per heavy atom. The van der Waals surface area contributed by atoms with E-state index in [0.717, 1.165) is 35.7 Å². The number of nitrogens with zero attached hydrogens (tertiary/aromatic N) is 1. The Bertz CT molecular complexity index is 888. The van der Waals surface area contributed by atoms with E-state index in [1.807, 2.05) is 6.07 Å². The van der Waals surface area contributed by atoms with Crippen molar-refractivity contribution < 1.29 is 14.3 Å². The van der Waals surface area contributed by atoms with Crippen molar-refractivity contribution in [1.29, 1.82) is 0 Å². The fourth-order valence-electron chi connectivity index (χ4n) is 5.66. The Morgan fingerprint density at radius 1 is 1.21 bits per heavy atom. The van der Waals surface area contributed by atoms with E-state index in [9.17, 15) is 14.3 Å². The summed E-state index contributed by atoms with van der Waals surface area (Å²) in [6.45, 7) is 6.31. The number of carbonyl (C=O) groups excluding carboxylic acids is 1. The summed E-state index contributed by atoms with van der Waals surface area (Å²) < 4.78 is 13.8. The standard InChI is InChI=1S/C24H30FNO2/c1-24(2,3)13-17(27)9-14-8-15-11-21(23(28)19(15)10-14)18-6-7-26-22-5-4-16(25)12-20(18)22/h4-7,12,14-15,19,21,23,28H,8-11,13H2,1-3H3/t14-,15-,19-,21-,23?/m1/s1. The molecule has 2 aliphatic rings. The van der Waals surface area contributed by atoms with Crippen LogP contribution < -0.4 is 0 Å². The monoisotopic (exact) mass is 383 g/mol. The van der Waals surface area contributed by atoms with E-state index in [2.05, 4.69) is 25.8 Å². The molecule has 4 rings (SSSR count). The zero-order valence-electron chi connectivity index (χ0n) is 17.0. The van der Waals surface area contributed by atoms with Crippen molar-refractivity contribution in [1.82, 2.24) is 4.98 Å². The molecule has 3 nitrogen and oxygen atoms in total. The number of ketones is 1. The van der Waals surface area contributed by atoms with Crippen molar-refractivity contribution in [3.63, 3.8) is 0 Å². The fourth-order valence-corrected chi connectivity index (χ4v) is 5.66. The van der Waals surface area contributed by atoms with E-state index in [-0.39, 0.29) is 23.1 Å². The molecule has 1 heterocycles. The summed E-state index contributed by atoms with van der Waals surface area (Å²) in [5.74, 6) is 1.19. The van der Waals surface area contributed by atoms with Gasteiger partial charge >= 0.3 is 0 Å². The molecule has 2 aliphatic carbocycles. The van der Waals surface area contributed by atoms with Crippen LogP contribution in [0.5, 0.6) is 0 Å². The number of benzene rings is 1. The summed E-state index contributed by atoms with van der Waals surface area (Å²) >= 11 is 0. The molecule has 1 aromatic carbocycles. The quantitative estimate of drug-likeness (QED) is 0.783. The maximum absolute atomic E-state index is 13.8. The van der Waals surface area contributed by atoms with Crippen molar-refractivity contribution >= 4 is 16.7 Å². The molecule has 0 saturated heterocycles. The maximum atomic E-state index is 13.8.